The summed E-state index contributed by atoms with van der Waals surface area (Å²) in [6.07, 6.45) is 5.28. The summed E-state index contributed by atoms with van der Waals surface area (Å²) in [6.45, 7) is 11.6. The molecule has 0 radical (unpaired) electrons. The summed E-state index contributed by atoms with van der Waals surface area (Å²) in [5.74, 6) is 1.36. The Hall–Kier alpha value is -2.31. The van der Waals surface area contributed by atoms with Gasteiger partial charge in [-0.1, -0.05) is 13.8 Å². The van der Waals surface area contributed by atoms with Crippen LogP contribution >= 0.6 is 0 Å². The number of hydrogen-bond acceptors (Lipinski definition) is 5. The lowest BCUT2D eigenvalue weighted by Gasteiger charge is -2.33. The minimum atomic E-state index is -0.469. The maximum Gasteiger partial charge on any atom is 0.407 e. The Labute approximate surface area is 154 Å². The molecule has 3 rings (SSSR count). The van der Waals surface area contributed by atoms with Crippen LogP contribution in [0.1, 0.15) is 58.9 Å². The van der Waals surface area contributed by atoms with Crippen molar-refractivity contribution in [2.24, 2.45) is 0 Å². The molecule has 7 nitrogen and oxygen atoms in total. The Bertz CT molecular complexity index is 770. The summed E-state index contributed by atoms with van der Waals surface area (Å²) in [5.41, 5.74) is 1.61. The number of rotatable bonds is 3. The third-order valence-electron chi connectivity index (χ3n) is 4.54. The Kier molecular flexibility index (Phi) is 5.07. The van der Waals surface area contributed by atoms with Gasteiger partial charge in [-0.15, -0.1) is 0 Å². The van der Waals surface area contributed by atoms with E-state index in [4.69, 9.17) is 9.72 Å². The first-order valence-electron chi connectivity index (χ1n) is 9.31. The largest absolute Gasteiger partial charge is 0.444 e. The number of piperidine rings is 1. The van der Waals surface area contributed by atoms with E-state index in [1.165, 1.54) is 0 Å². The first-order chi connectivity index (χ1) is 12.2. The van der Waals surface area contributed by atoms with Crippen molar-refractivity contribution in [3.05, 3.63) is 24.0 Å². The number of amides is 1. The molecule has 0 unspecified atom stereocenters. The van der Waals surface area contributed by atoms with Crippen LogP contribution in [-0.4, -0.2) is 45.4 Å². The predicted molar refractivity (Wildman–Crippen MR) is 102 cm³/mol. The molecule has 1 aliphatic rings. The number of carbonyl (C=O) groups excluding carboxylic acids is 1. The van der Waals surface area contributed by atoms with Crippen LogP contribution in [0.15, 0.2) is 18.5 Å². The van der Waals surface area contributed by atoms with Crippen LogP contribution < -0.4 is 10.2 Å². The van der Waals surface area contributed by atoms with Gasteiger partial charge >= 0.3 is 6.09 Å². The van der Waals surface area contributed by atoms with E-state index in [9.17, 15) is 4.79 Å². The van der Waals surface area contributed by atoms with E-state index in [0.29, 0.717) is 5.92 Å². The lowest BCUT2D eigenvalue weighted by atomic mass is 10.1. The van der Waals surface area contributed by atoms with Crippen molar-refractivity contribution < 1.29 is 9.53 Å². The van der Waals surface area contributed by atoms with Gasteiger partial charge in [-0.25, -0.2) is 14.3 Å². The van der Waals surface area contributed by atoms with Crippen LogP contribution in [-0.2, 0) is 4.74 Å². The number of anilines is 1. The van der Waals surface area contributed by atoms with E-state index in [2.05, 4.69) is 29.2 Å². The fourth-order valence-corrected chi connectivity index (χ4v) is 3.19. The van der Waals surface area contributed by atoms with Gasteiger partial charge in [-0.2, -0.15) is 5.10 Å². The fourth-order valence-electron chi connectivity index (χ4n) is 3.19. The molecule has 0 saturated carbocycles. The van der Waals surface area contributed by atoms with Crippen molar-refractivity contribution >= 4 is 17.6 Å². The molecule has 7 heteroatoms. The molecule has 1 N–H and O–H groups in total. The summed E-state index contributed by atoms with van der Waals surface area (Å²) in [6, 6.07) is 2.15. The highest BCUT2D eigenvalue weighted by atomic mass is 16.6. The first kappa shape index (κ1) is 18.5. The molecule has 0 bridgehead atoms. The Morgan fingerprint density at radius 3 is 2.62 bits per heavy atom. The summed E-state index contributed by atoms with van der Waals surface area (Å²) in [7, 11) is 0. The minimum absolute atomic E-state index is 0.144. The fraction of sp³-hybridized carbons (Fsp3) is 0.632. The number of aromatic nitrogens is 3. The van der Waals surface area contributed by atoms with E-state index >= 15 is 0 Å². The highest BCUT2D eigenvalue weighted by Gasteiger charge is 2.24. The molecule has 0 aliphatic carbocycles. The van der Waals surface area contributed by atoms with Gasteiger partial charge in [0.2, 0.25) is 0 Å². The quantitative estimate of drug-likeness (QED) is 0.910. The van der Waals surface area contributed by atoms with Crippen LogP contribution in [0.25, 0.3) is 5.65 Å². The molecule has 3 heterocycles. The van der Waals surface area contributed by atoms with Gasteiger partial charge < -0.3 is 15.0 Å². The van der Waals surface area contributed by atoms with Gasteiger partial charge in [-0.3, -0.25) is 0 Å². The van der Waals surface area contributed by atoms with Crippen molar-refractivity contribution in [1.82, 2.24) is 19.9 Å². The smallest absolute Gasteiger partial charge is 0.407 e. The van der Waals surface area contributed by atoms with E-state index in [1.54, 1.807) is 0 Å². The molecule has 1 fully saturated rings. The molecule has 0 aromatic carbocycles. The van der Waals surface area contributed by atoms with E-state index < -0.39 is 5.60 Å². The molecule has 1 amide bonds. The summed E-state index contributed by atoms with van der Waals surface area (Å²) >= 11 is 0. The molecule has 1 saturated heterocycles. The highest BCUT2D eigenvalue weighted by Crippen LogP contribution is 2.23. The lowest BCUT2D eigenvalue weighted by molar-refractivity contribution is 0.0497. The molecular formula is C19H29N5O2. The maximum atomic E-state index is 11.9. The van der Waals surface area contributed by atoms with Crippen LogP contribution in [0, 0.1) is 0 Å². The number of nitrogens with one attached hydrogen (secondary N) is 1. The molecule has 26 heavy (non-hydrogen) atoms. The molecule has 2 aromatic rings. The second-order valence-electron chi connectivity index (χ2n) is 8.22. The predicted octanol–water partition coefficient (Wildman–Crippen LogP) is 3.35. The van der Waals surface area contributed by atoms with Gasteiger partial charge in [0.15, 0.2) is 5.65 Å². The number of hydrogen-bond donors (Lipinski definition) is 1. The van der Waals surface area contributed by atoms with E-state index in [-0.39, 0.29) is 12.1 Å². The van der Waals surface area contributed by atoms with Gasteiger partial charge in [0, 0.05) is 30.9 Å². The van der Waals surface area contributed by atoms with Crippen molar-refractivity contribution in [2.75, 3.05) is 18.0 Å². The van der Waals surface area contributed by atoms with Crippen molar-refractivity contribution in [2.45, 2.75) is 65.0 Å². The average molecular weight is 359 g/mol. The van der Waals surface area contributed by atoms with Crippen LogP contribution in [0.5, 0.6) is 0 Å². The summed E-state index contributed by atoms with van der Waals surface area (Å²) < 4.78 is 7.17. The number of fused-ring (bicyclic) bond motifs is 1. The van der Waals surface area contributed by atoms with Gasteiger partial charge in [-0.05, 0) is 45.6 Å². The van der Waals surface area contributed by atoms with Crippen LogP contribution in [0.2, 0.25) is 0 Å². The summed E-state index contributed by atoms with van der Waals surface area (Å²) in [4.78, 5) is 19.0. The zero-order valence-electron chi connectivity index (χ0n) is 16.3. The molecule has 0 atom stereocenters. The average Bonchev–Trinajstić information content (AvgIpc) is 2.97. The number of nitrogens with zero attached hydrogens (tertiary/aromatic N) is 4. The molecule has 0 spiro atoms. The van der Waals surface area contributed by atoms with Crippen molar-refractivity contribution in [3.8, 4) is 0 Å². The highest BCUT2D eigenvalue weighted by molar-refractivity contribution is 5.68. The maximum absolute atomic E-state index is 11.9. The second kappa shape index (κ2) is 7.13. The molecule has 1 aliphatic heterocycles. The molecular weight excluding hydrogens is 330 g/mol. The SMILES string of the molecule is CC(C)c1cnn2ccc(N3CCC(NC(=O)OC(C)(C)C)CC3)nc12. The molecule has 142 valence electrons. The monoisotopic (exact) mass is 359 g/mol. The van der Waals surface area contributed by atoms with Crippen LogP contribution in [0.3, 0.4) is 0 Å². The normalized spacial score (nSPS) is 16.3. The van der Waals surface area contributed by atoms with Gasteiger partial charge in [0.25, 0.3) is 0 Å². The Morgan fingerprint density at radius 2 is 2.00 bits per heavy atom. The van der Waals surface area contributed by atoms with E-state index in [0.717, 1.165) is 43.0 Å². The van der Waals surface area contributed by atoms with Gasteiger partial charge in [0.1, 0.15) is 11.4 Å². The van der Waals surface area contributed by atoms with Crippen LogP contribution in [0.4, 0.5) is 10.6 Å². The van der Waals surface area contributed by atoms with Crippen molar-refractivity contribution in [1.29, 1.82) is 0 Å². The first-order valence-corrected chi connectivity index (χ1v) is 9.31. The Balaban J connectivity index is 1.62. The minimum Gasteiger partial charge on any atom is -0.444 e. The zero-order chi connectivity index (χ0) is 18.9. The number of ether oxygens (including phenoxy) is 1. The standard InChI is InChI=1S/C19H29N5O2/c1-13(2)15-12-20-24-11-8-16(22-17(15)24)23-9-6-14(7-10-23)21-18(25)26-19(3,4)5/h8,11-14H,6-7,9-10H2,1-5H3,(H,21,25). The third-order valence-corrected chi connectivity index (χ3v) is 4.54. The Morgan fingerprint density at radius 1 is 1.31 bits per heavy atom. The number of alkyl carbamates (subject to hydrolysis) is 1. The third kappa shape index (κ3) is 4.26. The molecule has 2 aromatic heterocycles. The lowest BCUT2D eigenvalue weighted by Crippen LogP contribution is -2.46. The zero-order valence-corrected chi connectivity index (χ0v) is 16.3. The van der Waals surface area contributed by atoms with Gasteiger partial charge in [0.05, 0.1) is 6.20 Å². The second-order valence-corrected chi connectivity index (χ2v) is 8.22. The summed E-state index contributed by atoms with van der Waals surface area (Å²) in [5, 5.41) is 7.35. The topological polar surface area (TPSA) is 71.8 Å². The van der Waals surface area contributed by atoms with Crippen molar-refractivity contribution in [3.63, 3.8) is 0 Å². The van der Waals surface area contributed by atoms with E-state index in [1.807, 2.05) is 43.7 Å². The number of carbonyl (C=O) groups is 1.